The minimum atomic E-state index is -3.04. The molecule has 1 rings (SSSR count). The van der Waals surface area contributed by atoms with Gasteiger partial charge in [-0.1, -0.05) is 32.6 Å². The Hall–Kier alpha value is -0.0900. The van der Waals surface area contributed by atoms with Crippen LogP contribution in [-0.2, 0) is 10.0 Å². The quantitative estimate of drug-likeness (QED) is 0.759. The summed E-state index contributed by atoms with van der Waals surface area (Å²) in [6.07, 6.45) is 8.17. The van der Waals surface area contributed by atoms with Gasteiger partial charge in [0.1, 0.15) is 0 Å². The first-order chi connectivity index (χ1) is 7.55. The van der Waals surface area contributed by atoms with Gasteiger partial charge in [0.05, 0.1) is 5.75 Å². The Kier molecular flexibility index (Phi) is 5.76. The molecule has 0 aromatic rings. The van der Waals surface area contributed by atoms with Crippen LogP contribution in [0.15, 0.2) is 0 Å². The van der Waals surface area contributed by atoms with Crippen LogP contribution in [-0.4, -0.2) is 20.2 Å². The summed E-state index contributed by atoms with van der Waals surface area (Å²) >= 11 is 0. The second-order valence-corrected chi connectivity index (χ2v) is 6.85. The molecule has 0 bridgehead atoms. The van der Waals surface area contributed by atoms with E-state index in [0.29, 0.717) is 12.3 Å². The highest BCUT2D eigenvalue weighted by Crippen LogP contribution is 2.25. The molecule has 0 saturated heterocycles. The zero-order chi connectivity index (χ0) is 12.0. The molecule has 1 saturated carbocycles. The first-order valence-electron chi connectivity index (χ1n) is 6.55. The van der Waals surface area contributed by atoms with Crippen molar-refractivity contribution in [1.29, 1.82) is 0 Å². The van der Waals surface area contributed by atoms with Crippen molar-refractivity contribution in [2.75, 3.05) is 5.75 Å². The predicted octanol–water partition coefficient (Wildman–Crippen LogP) is 2.67. The average Bonchev–Trinajstić information content (AvgIpc) is 2.44. The molecule has 1 fully saturated rings. The van der Waals surface area contributed by atoms with E-state index in [0.717, 1.165) is 0 Å². The number of rotatable bonds is 5. The van der Waals surface area contributed by atoms with Crippen LogP contribution in [0.4, 0.5) is 0 Å². The van der Waals surface area contributed by atoms with Crippen molar-refractivity contribution < 1.29 is 8.42 Å². The number of hydrogen-bond acceptors (Lipinski definition) is 2. The molecule has 0 aliphatic heterocycles. The first kappa shape index (κ1) is 14.0. The standard InChI is InChI=1S/C12H25NO2S/c1-3-10-16(14,15)13-11(2)12-8-6-4-5-7-9-12/h11-13H,3-10H2,1-2H3/t11-/m1/s1. The van der Waals surface area contributed by atoms with E-state index in [1.165, 1.54) is 38.5 Å². The van der Waals surface area contributed by atoms with Crippen LogP contribution in [0.2, 0.25) is 0 Å². The van der Waals surface area contributed by atoms with E-state index in [9.17, 15) is 8.42 Å². The van der Waals surface area contributed by atoms with E-state index in [1.807, 2.05) is 13.8 Å². The maximum absolute atomic E-state index is 11.7. The smallest absolute Gasteiger partial charge is 0.211 e. The molecule has 0 unspecified atom stereocenters. The highest BCUT2D eigenvalue weighted by molar-refractivity contribution is 7.89. The zero-order valence-electron chi connectivity index (χ0n) is 10.5. The second kappa shape index (κ2) is 6.60. The van der Waals surface area contributed by atoms with E-state index < -0.39 is 10.0 Å². The Morgan fingerprint density at radius 3 is 2.25 bits per heavy atom. The summed E-state index contributed by atoms with van der Waals surface area (Å²) in [7, 11) is -3.04. The SMILES string of the molecule is CCCS(=O)(=O)N[C@H](C)C1CCCCCC1. The molecule has 0 heterocycles. The molecule has 0 amide bonds. The Bertz CT molecular complexity index is 279. The minimum Gasteiger partial charge on any atom is -0.212 e. The second-order valence-electron chi connectivity index (χ2n) is 4.98. The molecule has 0 aromatic carbocycles. The Balaban J connectivity index is 2.46. The minimum absolute atomic E-state index is 0.106. The van der Waals surface area contributed by atoms with E-state index >= 15 is 0 Å². The number of nitrogens with one attached hydrogen (secondary N) is 1. The molecular formula is C12H25NO2S. The predicted molar refractivity (Wildman–Crippen MR) is 67.9 cm³/mol. The molecule has 1 aliphatic carbocycles. The lowest BCUT2D eigenvalue weighted by Gasteiger charge is -2.23. The maximum atomic E-state index is 11.7. The van der Waals surface area contributed by atoms with Gasteiger partial charge >= 0.3 is 0 Å². The van der Waals surface area contributed by atoms with Crippen molar-refractivity contribution in [3.63, 3.8) is 0 Å². The molecule has 4 heteroatoms. The van der Waals surface area contributed by atoms with Gasteiger partial charge in [-0.05, 0) is 32.1 Å². The summed E-state index contributed by atoms with van der Waals surface area (Å²) in [5.74, 6) is 0.790. The van der Waals surface area contributed by atoms with Crippen molar-refractivity contribution in [2.24, 2.45) is 5.92 Å². The molecule has 0 spiro atoms. The average molecular weight is 247 g/mol. The maximum Gasteiger partial charge on any atom is 0.211 e. The first-order valence-corrected chi connectivity index (χ1v) is 8.20. The van der Waals surface area contributed by atoms with Crippen LogP contribution in [0.3, 0.4) is 0 Å². The molecular weight excluding hydrogens is 222 g/mol. The summed E-state index contributed by atoms with van der Waals surface area (Å²) in [6.45, 7) is 3.92. The van der Waals surface area contributed by atoms with Gasteiger partial charge in [-0.2, -0.15) is 0 Å². The van der Waals surface area contributed by atoms with Gasteiger partial charge in [0.15, 0.2) is 0 Å². The molecule has 1 aliphatic rings. The van der Waals surface area contributed by atoms with Gasteiger partial charge in [-0.25, -0.2) is 13.1 Å². The topological polar surface area (TPSA) is 46.2 Å². The van der Waals surface area contributed by atoms with Gasteiger partial charge < -0.3 is 0 Å². The van der Waals surface area contributed by atoms with Crippen LogP contribution in [0.1, 0.15) is 58.8 Å². The van der Waals surface area contributed by atoms with Crippen molar-refractivity contribution in [3.05, 3.63) is 0 Å². The van der Waals surface area contributed by atoms with Crippen LogP contribution in [0.25, 0.3) is 0 Å². The third-order valence-corrected chi connectivity index (χ3v) is 5.12. The highest BCUT2D eigenvalue weighted by atomic mass is 32.2. The van der Waals surface area contributed by atoms with Gasteiger partial charge in [0.25, 0.3) is 0 Å². The van der Waals surface area contributed by atoms with Gasteiger partial charge in [-0.3, -0.25) is 0 Å². The Morgan fingerprint density at radius 2 is 1.75 bits per heavy atom. The van der Waals surface area contributed by atoms with Gasteiger partial charge in [-0.15, -0.1) is 0 Å². The largest absolute Gasteiger partial charge is 0.212 e. The molecule has 96 valence electrons. The number of hydrogen-bond donors (Lipinski definition) is 1. The molecule has 1 atom stereocenters. The van der Waals surface area contributed by atoms with Crippen molar-refractivity contribution in [1.82, 2.24) is 4.72 Å². The van der Waals surface area contributed by atoms with Crippen LogP contribution in [0.5, 0.6) is 0 Å². The fourth-order valence-corrected chi connectivity index (χ4v) is 3.93. The van der Waals surface area contributed by atoms with Gasteiger partial charge in [0.2, 0.25) is 10.0 Å². The third kappa shape index (κ3) is 4.83. The fraction of sp³-hybridized carbons (Fsp3) is 1.00. The van der Waals surface area contributed by atoms with Crippen molar-refractivity contribution >= 4 is 10.0 Å². The summed E-state index contributed by atoms with van der Waals surface area (Å²) in [6, 6.07) is 0.106. The monoisotopic (exact) mass is 247 g/mol. The van der Waals surface area contributed by atoms with Crippen LogP contribution < -0.4 is 4.72 Å². The van der Waals surface area contributed by atoms with E-state index in [2.05, 4.69) is 4.72 Å². The zero-order valence-corrected chi connectivity index (χ0v) is 11.4. The molecule has 1 N–H and O–H groups in total. The normalized spacial score (nSPS) is 21.6. The summed E-state index contributed by atoms with van der Waals surface area (Å²) in [4.78, 5) is 0. The summed E-state index contributed by atoms with van der Waals surface area (Å²) < 4.78 is 26.1. The van der Waals surface area contributed by atoms with Gasteiger partial charge in [0, 0.05) is 6.04 Å². The van der Waals surface area contributed by atoms with Crippen molar-refractivity contribution in [2.45, 2.75) is 64.8 Å². The fourth-order valence-electron chi connectivity index (χ4n) is 2.52. The van der Waals surface area contributed by atoms with E-state index in [-0.39, 0.29) is 11.8 Å². The summed E-state index contributed by atoms with van der Waals surface area (Å²) in [5.41, 5.74) is 0. The van der Waals surface area contributed by atoms with E-state index in [4.69, 9.17) is 0 Å². The molecule has 0 aromatic heterocycles. The van der Waals surface area contributed by atoms with E-state index in [1.54, 1.807) is 0 Å². The molecule has 0 radical (unpaired) electrons. The highest BCUT2D eigenvalue weighted by Gasteiger charge is 2.22. The third-order valence-electron chi connectivity index (χ3n) is 3.45. The lowest BCUT2D eigenvalue weighted by atomic mass is 9.94. The van der Waals surface area contributed by atoms with Crippen LogP contribution in [0, 0.1) is 5.92 Å². The molecule has 16 heavy (non-hydrogen) atoms. The van der Waals surface area contributed by atoms with Crippen LogP contribution >= 0.6 is 0 Å². The van der Waals surface area contributed by atoms with Crippen molar-refractivity contribution in [3.8, 4) is 0 Å². The molecule has 3 nitrogen and oxygen atoms in total. The number of sulfonamides is 1. The summed E-state index contributed by atoms with van der Waals surface area (Å²) in [5, 5.41) is 0. The lowest BCUT2D eigenvalue weighted by molar-refractivity contribution is 0.370. The Labute approximate surface area is 100 Å². The Morgan fingerprint density at radius 1 is 1.19 bits per heavy atom. The lowest BCUT2D eigenvalue weighted by Crippen LogP contribution is -2.39.